The maximum Gasteiger partial charge on any atom is 0.253 e. The third-order valence-electron chi connectivity index (χ3n) is 3.83. The summed E-state index contributed by atoms with van der Waals surface area (Å²) in [5.74, 6) is -0.0967. The Morgan fingerprint density at radius 2 is 1.70 bits per heavy atom. The molecule has 0 atom stereocenters. The van der Waals surface area contributed by atoms with Gasteiger partial charge in [-0.25, -0.2) is 0 Å². The summed E-state index contributed by atoms with van der Waals surface area (Å²) in [6, 6.07) is 7.35. The van der Waals surface area contributed by atoms with E-state index in [1.54, 1.807) is 18.2 Å². The molecular formula is C16H22N2O2. The van der Waals surface area contributed by atoms with Crippen molar-refractivity contribution in [3.05, 3.63) is 29.8 Å². The van der Waals surface area contributed by atoms with Gasteiger partial charge in [-0.15, -0.1) is 0 Å². The van der Waals surface area contributed by atoms with Crippen LogP contribution in [0.5, 0.6) is 0 Å². The van der Waals surface area contributed by atoms with E-state index in [1.807, 2.05) is 6.07 Å². The Labute approximate surface area is 119 Å². The summed E-state index contributed by atoms with van der Waals surface area (Å²) in [5, 5.41) is 5.68. The monoisotopic (exact) mass is 274 g/mol. The molecule has 0 spiro atoms. The molecule has 2 rings (SSSR count). The molecule has 0 radical (unpaired) electrons. The highest BCUT2D eigenvalue weighted by atomic mass is 16.2. The molecular weight excluding hydrogens is 252 g/mol. The van der Waals surface area contributed by atoms with Gasteiger partial charge in [0.05, 0.1) is 11.3 Å². The number of anilines is 1. The second kappa shape index (κ2) is 7.68. The molecule has 1 aliphatic carbocycles. The summed E-state index contributed by atoms with van der Waals surface area (Å²) in [6.07, 6.45) is 8.89. The summed E-state index contributed by atoms with van der Waals surface area (Å²) >= 11 is 0. The second-order valence-corrected chi connectivity index (χ2v) is 5.32. The van der Waals surface area contributed by atoms with Gasteiger partial charge in [0, 0.05) is 6.04 Å². The first-order valence-electron chi connectivity index (χ1n) is 7.41. The zero-order chi connectivity index (χ0) is 14.2. The average Bonchev–Trinajstić information content (AvgIpc) is 2.42. The number of rotatable bonds is 4. The van der Waals surface area contributed by atoms with Gasteiger partial charge < -0.3 is 10.6 Å². The smallest absolute Gasteiger partial charge is 0.253 e. The Kier molecular flexibility index (Phi) is 5.59. The lowest BCUT2D eigenvalue weighted by molar-refractivity contribution is -0.105. The van der Waals surface area contributed by atoms with E-state index in [2.05, 4.69) is 10.6 Å². The van der Waals surface area contributed by atoms with E-state index in [0.29, 0.717) is 17.7 Å². The SMILES string of the molecule is O=CNc1ccccc1C(=O)NC1CCCCCCC1. The molecule has 0 saturated heterocycles. The van der Waals surface area contributed by atoms with E-state index in [-0.39, 0.29) is 11.9 Å². The first-order valence-corrected chi connectivity index (χ1v) is 7.41. The summed E-state index contributed by atoms with van der Waals surface area (Å²) in [4.78, 5) is 22.9. The molecule has 2 amide bonds. The highest BCUT2D eigenvalue weighted by Gasteiger charge is 2.16. The van der Waals surface area contributed by atoms with Crippen molar-refractivity contribution >= 4 is 18.0 Å². The van der Waals surface area contributed by atoms with Crippen molar-refractivity contribution in [1.82, 2.24) is 5.32 Å². The average molecular weight is 274 g/mol. The molecule has 0 bridgehead atoms. The highest BCUT2D eigenvalue weighted by molar-refractivity contribution is 6.01. The first kappa shape index (κ1) is 14.6. The zero-order valence-corrected chi connectivity index (χ0v) is 11.7. The van der Waals surface area contributed by atoms with Crippen LogP contribution in [0.3, 0.4) is 0 Å². The Morgan fingerprint density at radius 1 is 1.05 bits per heavy atom. The minimum Gasteiger partial charge on any atom is -0.349 e. The van der Waals surface area contributed by atoms with Gasteiger partial charge in [0.1, 0.15) is 0 Å². The second-order valence-electron chi connectivity index (χ2n) is 5.32. The van der Waals surface area contributed by atoms with Crippen LogP contribution in [0.1, 0.15) is 55.3 Å². The number of benzene rings is 1. The highest BCUT2D eigenvalue weighted by Crippen LogP contribution is 2.19. The Hall–Kier alpha value is -1.84. The molecule has 0 heterocycles. The van der Waals surface area contributed by atoms with Crippen molar-refractivity contribution in [2.75, 3.05) is 5.32 Å². The maximum absolute atomic E-state index is 12.3. The molecule has 0 aromatic heterocycles. The molecule has 0 unspecified atom stereocenters. The molecule has 0 aliphatic heterocycles. The molecule has 1 aromatic rings. The van der Waals surface area contributed by atoms with Crippen molar-refractivity contribution in [1.29, 1.82) is 0 Å². The largest absolute Gasteiger partial charge is 0.349 e. The van der Waals surface area contributed by atoms with Crippen molar-refractivity contribution in [3.8, 4) is 0 Å². The molecule has 1 aliphatic rings. The van der Waals surface area contributed by atoms with Crippen LogP contribution in [-0.4, -0.2) is 18.4 Å². The zero-order valence-electron chi connectivity index (χ0n) is 11.7. The van der Waals surface area contributed by atoms with Crippen LogP contribution in [0.4, 0.5) is 5.69 Å². The van der Waals surface area contributed by atoms with E-state index in [4.69, 9.17) is 0 Å². The summed E-state index contributed by atoms with van der Waals surface area (Å²) < 4.78 is 0. The van der Waals surface area contributed by atoms with Gasteiger partial charge >= 0.3 is 0 Å². The number of nitrogens with one attached hydrogen (secondary N) is 2. The van der Waals surface area contributed by atoms with E-state index in [0.717, 1.165) is 12.8 Å². The lowest BCUT2D eigenvalue weighted by Gasteiger charge is -2.21. The van der Waals surface area contributed by atoms with Gasteiger partial charge in [-0.1, -0.05) is 44.2 Å². The minimum atomic E-state index is -0.0967. The van der Waals surface area contributed by atoms with Gasteiger partial charge in [-0.3, -0.25) is 9.59 Å². The summed E-state index contributed by atoms with van der Waals surface area (Å²) in [6.45, 7) is 0. The Bertz CT molecular complexity index is 452. The standard InChI is InChI=1S/C16H22N2O2/c19-12-17-15-11-7-6-10-14(15)16(20)18-13-8-4-2-1-3-5-9-13/h6-7,10-13H,1-5,8-9H2,(H,17,19)(H,18,20). The topological polar surface area (TPSA) is 58.2 Å². The van der Waals surface area contributed by atoms with Crippen molar-refractivity contribution < 1.29 is 9.59 Å². The van der Waals surface area contributed by atoms with Crippen LogP contribution in [-0.2, 0) is 4.79 Å². The molecule has 4 heteroatoms. The van der Waals surface area contributed by atoms with Crippen molar-refractivity contribution in [3.63, 3.8) is 0 Å². The number of carbonyl (C=O) groups is 2. The molecule has 4 nitrogen and oxygen atoms in total. The molecule has 1 aromatic carbocycles. The number of amides is 2. The number of para-hydroxylation sites is 1. The van der Waals surface area contributed by atoms with Crippen LogP contribution in [0.25, 0.3) is 0 Å². The van der Waals surface area contributed by atoms with Gasteiger partial charge in [-0.2, -0.15) is 0 Å². The van der Waals surface area contributed by atoms with Gasteiger partial charge in [0.2, 0.25) is 6.41 Å². The van der Waals surface area contributed by atoms with Crippen molar-refractivity contribution in [2.45, 2.75) is 51.0 Å². The van der Waals surface area contributed by atoms with Crippen LogP contribution in [0, 0.1) is 0 Å². The van der Waals surface area contributed by atoms with E-state index >= 15 is 0 Å². The third-order valence-corrected chi connectivity index (χ3v) is 3.83. The van der Waals surface area contributed by atoms with E-state index in [9.17, 15) is 9.59 Å². The van der Waals surface area contributed by atoms with Gasteiger partial charge in [0.25, 0.3) is 5.91 Å². The summed E-state index contributed by atoms with van der Waals surface area (Å²) in [5.41, 5.74) is 1.09. The van der Waals surface area contributed by atoms with Crippen LogP contribution in [0.15, 0.2) is 24.3 Å². The third kappa shape index (κ3) is 4.08. The Morgan fingerprint density at radius 3 is 2.40 bits per heavy atom. The predicted octanol–water partition coefficient (Wildman–Crippen LogP) is 3.10. The fraction of sp³-hybridized carbons (Fsp3) is 0.500. The minimum absolute atomic E-state index is 0.0967. The van der Waals surface area contributed by atoms with Gasteiger partial charge in [-0.05, 0) is 25.0 Å². The van der Waals surface area contributed by atoms with Crippen LogP contribution < -0.4 is 10.6 Å². The molecule has 1 fully saturated rings. The van der Waals surface area contributed by atoms with Crippen LogP contribution >= 0.6 is 0 Å². The fourth-order valence-electron chi connectivity index (χ4n) is 2.73. The normalized spacial score (nSPS) is 16.8. The molecule has 2 N–H and O–H groups in total. The first-order chi connectivity index (χ1) is 9.81. The molecule has 108 valence electrons. The summed E-state index contributed by atoms with van der Waals surface area (Å²) in [7, 11) is 0. The Balaban J connectivity index is 2.01. The molecule has 1 saturated carbocycles. The molecule has 20 heavy (non-hydrogen) atoms. The number of carbonyl (C=O) groups excluding carboxylic acids is 2. The number of hydrogen-bond donors (Lipinski definition) is 2. The number of hydrogen-bond acceptors (Lipinski definition) is 2. The van der Waals surface area contributed by atoms with E-state index < -0.39 is 0 Å². The lowest BCUT2D eigenvalue weighted by Crippen LogP contribution is -2.35. The van der Waals surface area contributed by atoms with Crippen LogP contribution in [0.2, 0.25) is 0 Å². The van der Waals surface area contributed by atoms with Gasteiger partial charge in [0.15, 0.2) is 0 Å². The quantitative estimate of drug-likeness (QED) is 0.829. The lowest BCUT2D eigenvalue weighted by atomic mass is 9.96. The van der Waals surface area contributed by atoms with Crippen molar-refractivity contribution in [2.24, 2.45) is 0 Å². The van der Waals surface area contributed by atoms with E-state index in [1.165, 1.54) is 32.1 Å². The maximum atomic E-state index is 12.3. The predicted molar refractivity (Wildman–Crippen MR) is 79.7 cm³/mol. The fourth-order valence-corrected chi connectivity index (χ4v) is 2.73.